The van der Waals surface area contributed by atoms with Crippen LogP contribution in [0.5, 0.6) is 5.75 Å². The van der Waals surface area contributed by atoms with Crippen molar-refractivity contribution < 1.29 is 5.11 Å². The summed E-state index contributed by atoms with van der Waals surface area (Å²) in [4.78, 5) is 0. The van der Waals surface area contributed by atoms with E-state index < -0.39 is 8.07 Å². The number of hydrogen-bond donors (Lipinski definition) is 1. The lowest BCUT2D eigenvalue weighted by atomic mass is 10.2. The Bertz CT molecular complexity index is 355. The molecule has 0 aliphatic rings. The minimum absolute atomic E-state index is 0.224. The van der Waals surface area contributed by atoms with Crippen LogP contribution in [0.1, 0.15) is 5.56 Å². The third-order valence-corrected chi connectivity index (χ3v) is 4.03. The number of hydrogen-bond acceptors (Lipinski definition) is 1. The molecule has 0 aliphatic carbocycles. The predicted molar refractivity (Wildman–Crippen MR) is 59.0 cm³/mol. The first-order chi connectivity index (χ1) is 5.96. The van der Waals surface area contributed by atoms with Gasteiger partial charge in [-0.05, 0) is 11.3 Å². The molecule has 0 heterocycles. The molecule has 13 heavy (non-hydrogen) atoms. The van der Waals surface area contributed by atoms with Crippen LogP contribution in [0.25, 0.3) is 0 Å². The van der Waals surface area contributed by atoms with Gasteiger partial charge < -0.3 is 5.11 Å². The fourth-order valence-corrected chi connectivity index (χ4v) is 2.86. The Kier molecular flexibility index (Phi) is 2.49. The highest BCUT2D eigenvalue weighted by atomic mass is 28.3. The van der Waals surface area contributed by atoms with Crippen LogP contribution >= 0.6 is 0 Å². The predicted octanol–water partition coefficient (Wildman–Crippen LogP) is 1.92. The molecule has 0 aliphatic heterocycles. The molecule has 1 aromatic rings. The zero-order chi connectivity index (χ0) is 10.1. The smallest absolute Gasteiger partial charge is 0.131 e. The van der Waals surface area contributed by atoms with E-state index in [0.717, 1.165) is 5.19 Å². The number of phenolic OH excluding ortho intramolecular Hbond substituents is 1. The van der Waals surface area contributed by atoms with Crippen LogP contribution in [0.3, 0.4) is 0 Å². The lowest BCUT2D eigenvalue weighted by Gasteiger charge is -2.18. The van der Waals surface area contributed by atoms with E-state index in [1.54, 1.807) is 6.07 Å². The Hall–Kier alpha value is -1.20. The lowest BCUT2D eigenvalue weighted by Crippen LogP contribution is -2.39. The maximum absolute atomic E-state index is 9.53. The van der Waals surface area contributed by atoms with Crippen molar-refractivity contribution in [2.75, 3.05) is 0 Å². The molecule has 1 aromatic carbocycles. The van der Waals surface area contributed by atoms with Crippen LogP contribution < -0.4 is 5.19 Å². The number of rotatable bonds is 1. The van der Waals surface area contributed by atoms with Crippen molar-refractivity contribution in [3.05, 3.63) is 23.8 Å². The quantitative estimate of drug-likeness (QED) is 0.530. The van der Waals surface area contributed by atoms with Gasteiger partial charge >= 0.3 is 0 Å². The summed E-state index contributed by atoms with van der Waals surface area (Å²) in [7, 11) is -1.43. The molecule has 0 atom stereocenters. The van der Waals surface area contributed by atoms with Gasteiger partial charge in [0.25, 0.3) is 0 Å². The molecule has 0 radical (unpaired) electrons. The molecule has 0 bridgehead atoms. The van der Waals surface area contributed by atoms with Crippen molar-refractivity contribution in [1.29, 1.82) is 0 Å². The minimum Gasteiger partial charge on any atom is -0.507 e. The number of phenols is 1. The van der Waals surface area contributed by atoms with Crippen LogP contribution in [-0.2, 0) is 0 Å². The molecule has 0 spiro atoms. The Balaban J connectivity index is 3.40. The molecular formula is C11H14OSi. The topological polar surface area (TPSA) is 20.2 Å². The van der Waals surface area contributed by atoms with E-state index in [-0.39, 0.29) is 5.75 Å². The molecule has 1 nitrogen and oxygen atoms in total. The SMILES string of the molecule is C#Cc1c(O)cccc1[Si](C)(C)C. The summed E-state index contributed by atoms with van der Waals surface area (Å²) in [6.45, 7) is 6.63. The van der Waals surface area contributed by atoms with Gasteiger partial charge in [-0.15, -0.1) is 6.42 Å². The van der Waals surface area contributed by atoms with Gasteiger partial charge in [-0.1, -0.05) is 37.7 Å². The van der Waals surface area contributed by atoms with Gasteiger partial charge in [0.15, 0.2) is 0 Å². The normalized spacial score (nSPS) is 10.9. The lowest BCUT2D eigenvalue weighted by molar-refractivity contribution is 0.474. The van der Waals surface area contributed by atoms with E-state index in [2.05, 4.69) is 25.6 Å². The highest BCUT2D eigenvalue weighted by Gasteiger charge is 2.20. The van der Waals surface area contributed by atoms with Crippen molar-refractivity contribution in [2.24, 2.45) is 0 Å². The molecule has 0 aromatic heterocycles. The maximum Gasteiger partial charge on any atom is 0.131 e. The first kappa shape index (κ1) is 9.88. The number of terminal acetylenes is 1. The molecule has 1 rings (SSSR count). The van der Waals surface area contributed by atoms with Crippen LogP contribution in [0.4, 0.5) is 0 Å². The fourth-order valence-electron chi connectivity index (χ4n) is 1.32. The van der Waals surface area contributed by atoms with Gasteiger partial charge in [0.2, 0.25) is 0 Å². The van der Waals surface area contributed by atoms with Crippen molar-refractivity contribution in [2.45, 2.75) is 19.6 Å². The van der Waals surface area contributed by atoms with Gasteiger partial charge in [0.05, 0.1) is 13.6 Å². The highest BCUT2D eigenvalue weighted by molar-refractivity contribution is 6.89. The van der Waals surface area contributed by atoms with E-state index in [1.165, 1.54) is 0 Å². The minimum atomic E-state index is -1.43. The second kappa shape index (κ2) is 3.27. The molecule has 0 saturated carbocycles. The Morgan fingerprint density at radius 2 is 1.92 bits per heavy atom. The van der Waals surface area contributed by atoms with Gasteiger partial charge in [0, 0.05) is 0 Å². The molecule has 0 saturated heterocycles. The third kappa shape index (κ3) is 1.93. The van der Waals surface area contributed by atoms with Crippen LogP contribution in [0.15, 0.2) is 18.2 Å². The van der Waals surface area contributed by atoms with Crippen LogP contribution in [0.2, 0.25) is 19.6 Å². The second-order valence-electron chi connectivity index (χ2n) is 4.09. The Labute approximate surface area is 80.4 Å². The van der Waals surface area contributed by atoms with E-state index in [1.807, 2.05) is 12.1 Å². The zero-order valence-corrected chi connectivity index (χ0v) is 9.26. The van der Waals surface area contributed by atoms with Gasteiger partial charge in [-0.2, -0.15) is 0 Å². The summed E-state index contributed by atoms with van der Waals surface area (Å²) in [5, 5.41) is 10.7. The van der Waals surface area contributed by atoms with Gasteiger partial charge in [0.1, 0.15) is 5.75 Å². The highest BCUT2D eigenvalue weighted by Crippen LogP contribution is 2.16. The first-order valence-electron chi connectivity index (χ1n) is 4.26. The number of aromatic hydroxyl groups is 1. The monoisotopic (exact) mass is 190 g/mol. The van der Waals surface area contributed by atoms with E-state index >= 15 is 0 Å². The van der Waals surface area contributed by atoms with E-state index in [9.17, 15) is 5.11 Å². The average molecular weight is 190 g/mol. The first-order valence-corrected chi connectivity index (χ1v) is 7.76. The molecule has 68 valence electrons. The van der Waals surface area contributed by atoms with Crippen molar-refractivity contribution >= 4 is 13.3 Å². The Morgan fingerprint density at radius 1 is 1.31 bits per heavy atom. The van der Waals surface area contributed by atoms with Crippen LogP contribution in [-0.4, -0.2) is 13.2 Å². The molecule has 0 fully saturated rings. The summed E-state index contributed by atoms with van der Waals surface area (Å²) in [6, 6.07) is 5.50. The fraction of sp³-hybridized carbons (Fsp3) is 0.273. The zero-order valence-electron chi connectivity index (χ0n) is 8.26. The molecule has 0 amide bonds. The van der Waals surface area contributed by atoms with Gasteiger partial charge in [-0.25, -0.2) is 0 Å². The van der Waals surface area contributed by atoms with Crippen molar-refractivity contribution in [3.63, 3.8) is 0 Å². The largest absolute Gasteiger partial charge is 0.507 e. The van der Waals surface area contributed by atoms with Crippen LogP contribution in [0, 0.1) is 12.3 Å². The molecule has 2 heteroatoms. The summed E-state index contributed by atoms with van der Waals surface area (Å²) >= 11 is 0. The summed E-state index contributed by atoms with van der Waals surface area (Å²) in [6.07, 6.45) is 5.36. The van der Waals surface area contributed by atoms with E-state index in [4.69, 9.17) is 6.42 Å². The second-order valence-corrected chi connectivity index (χ2v) is 9.13. The third-order valence-electron chi connectivity index (χ3n) is 1.99. The van der Waals surface area contributed by atoms with E-state index in [0.29, 0.717) is 5.56 Å². The molecular weight excluding hydrogens is 176 g/mol. The summed E-state index contributed by atoms with van der Waals surface area (Å²) in [5.41, 5.74) is 0.668. The van der Waals surface area contributed by atoms with Crippen molar-refractivity contribution in [3.8, 4) is 18.1 Å². The summed E-state index contributed by atoms with van der Waals surface area (Å²) in [5.74, 6) is 2.78. The van der Waals surface area contributed by atoms with Gasteiger partial charge in [-0.3, -0.25) is 0 Å². The molecule has 0 unspecified atom stereocenters. The molecule has 1 N–H and O–H groups in total. The standard InChI is InChI=1S/C11H14OSi/c1-5-9-10(12)7-6-8-11(9)13(2,3)4/h1,6-8,12H,2-4H3. The number of benzene rings is 1. The van der Waals surface area contributed by atoms with Crippen molar-refractivity contribution in [1.82, 2.24) is 0 Å². The maximum atomic E-state index is 9.53. The summed E-state index contributed by atoms with van der Waals surface area (Å²) < 4.78 is 0. The average Bonchev–Trinajstić information content (AvgIpc) is 2.02. The Morgan fingerprint density at radius 3 is 2.31 bits per heavy atom.